The Morgan fingerprint density at radius 2 is 1.70 bits per heavy atom. The molecular weight excluding hydrogens is 250 g/mol. The second-order valence-corrected chi connectivity index (χ2v) is 7.78. The predicted molar refractivity (Wildman–Crippen MR) is 76.9 cm³/mol. The fourth-order valence-electron chi connectivity index (χ4n) is 5.71. The average molecular weight is 275 g/mol. The third-order valence-corrected chi connectivity index (χ3v) is 5.82. The molecule has 4 aliphatic carbocycles. The van der Waals surface area contributed by atoms with E-state index in [1.807, 2.05) is 6.08 Å². The molecule has 4 fully saturated rings. The van der Waals surface area contributed by atoms with Crippen molar-refractivity contribution in [3.8, 4) is 0 Å². The van der Waals surface area contributed by atoms with Gasteiger partial charge in [0.2, 0.25) is 5.91 Å². The maximum Gasteiger partial charge on any atom is 0.249 e. The highest BCUT2D eigenvalue weighted by Crippen LogP contribution is 2.58. The normalized spacial score (nSPS) is 46.0. The smallest absolute Gasteiger partial charge is 0.249 e. The lowest BCUT2D eigenvalue weighted by atomic mass is 9.52. The van der Waals surface area contributed by atoms with E-state index in [1.165, 1.54) is 38.5 Å². The van der Waals surface area contributed by atoms with Gasteiger partial charge < -0.3 is 9.64 Å². The summed E-state index contributed by atoms with van der Waals surface area (Å²) in [6.45, 7) is 4.10. The molecule has 1 amide bonds. The SMILES string of the molecule is CC(C)O[C@@H]1C=CC(=O)N1C12CC3CC(CC(C3)C1)C2. The predicted octanol–water partition coefficient (Wildman–Crippen LogP) is 3.10. The van der Waals surface area contributed by atoms with Gasteiger partial charge >= 0.3 is 0 Å². The van der Waals surface area contributed by atoms with E-state index in [0.717, 1.165) is 17.8 Å². The van der Waals surface area contributed by atoms with Crippen LogP contribution in [0.1, 0.15) is 52.4 Å². The van der Waals surface area contributed by atoms with Crippen LogP contribution in [0.2, 0.25) is 0 Å². The molecule has 0 saturated heterocycles. The highest BCUT2D eigenvalue weighted by Gasteiger charge is 2.56. The lowest BCUT2D eigenvalue weighted by Crippen LogP contribution is -2.63. The first-order chi connectivity index (χ1) is 9.56. The Morgan fingerprint density at radius 1 is 1.15 bits per heavy atom. The molecule has 1 aliphatic heterocycles. The van der Waals surface area contributed by atoms with Crippen LogP contribution in [0, 0.1) is 17.8 Å². The van der Waals surface area contributed by atoms with Crippen molar-refractivity contribution in [1.29, 1.82) is 0 Å². The minimum atomic E-state index is -0.126. The molecule has 3 nitrogen and oxygen atoms in total. The lowest BCUT2D eigenvalue weighted by molar-refractivity contribution is -0.172. The zero-order valence-corrected chi connectivity index (χ0v) is 12.5. The highest BCUT2D eigenvalue weighted by atomic mass is 16.5. The van der Waals surface area contributed by atoms with E-state index in [0.29, 0.717) is 0 Å². The zero-order chi connectivity index (χ0) is 13.9. The van der Waals surface area contributed by atoms with Crippen LogP contribution >= 0.6 is 0 Å². The third kappa shape index (κ3) is 1.86. The van der Waals surface area contributed by atoms with Crippen molar-refractivity contribution < 1.29 is 9.53 Å². The fourth-order valence-corrected chi connectivity index (χ4v) is 5.71. The van der Waals surface area contributed by atoms with Crippen LogP contribution in [0.5, 0.6) is 0 Å². The van der Waals surface area contributed by atoms with Crippen molar-refractivity contribution in [2.24, 2.45) is 17.8 Å². The van der Waals surface area contributed by atoms with E-state index in [2.05, 4.69) is 18.7 Å². The Balaban J connectivity index is 1.63. The molecular formula is C17H25NO2. The van der Waals surface area contributed by atoms with Crippen LogP contribution in [0.3, 0.4) is 0 Å². The van der Waals surface area contributed by atoms with E-state index >= 15 is 0 Å². The summed E-state index contributed by atoms with van der Waals surface area (Å²) < 4.78 is 6.00. The first kappa shape index (κ1) is 12.9. The van der Waals surface area contributed by atoms with Crippen molar-refractivity contribution in [1.82, 2.24) is 4.90 Å². The Morgan fingerprint density at radius 3 is 2.20 bits per heavy atom. The van der Waals surface area contributed by atoms with Crippen molar-refractivity contribution in [3.05, 3.63) is 12.2 Å². The maximum atomic E-state index is 12.4. The number of amides is 1. The molecule has 0 aromatic heterocycles. The summed E-state index contributed by atoms with van der Waals surface area (Å²) in [5.41, 5.74) is 0.106. The van der Waals surface area contributed by atoms with Gasteiger partial charge in [-0.15, -0.1) is 0 Å². The Bertz CT molecular complexity index is 419. The van der Waals surface area contributed by atoms with E-state index in [9.17, 15) is 4.79 Å². The standard InChI is InChI=1S/C17H25NO2/c1-11(2)20-16-4-3-15(19)18(16)17-8-12-5-13(9-17)7-14(6-12)10-17/h3-4,11-14,16H,5-10H2,1-2H3/t12?,13?,14?,16-,17?/m1/s1. The second kappa shape index (κ2) is 4.33. The Labute approximate surface area is 121 Å². The summed E-state index contributed by atoms with van der Waals surface area (Å²) in [6, 6.07) is 0. The first-order valence-corrected chi connectivity index (χ1v) is 8.23. The number of carbonyl (C=O) groups is 1. The third-order valence-electron chi connectivity index (χ3n) is 5.82. The van der Waals surface area contributed by atoms with Gasteiger partial charge in [-0.05, 0) is 76.2 Å². The summed E-state index contributed by atoms with van der Waals surface area (Å²) in [5.74, 6) is 2.75. The van der Waals surface area contributed by atoms with Crippen LogP contribution in [-0.2, 0) is 9.53 Å². The minimum absolute atomic E-state index is 0.106. The quantitative estimate of drug-likeness (QED) is 0.792. The van der Waals surface area contributed by atoms with Gasteiger partial charge in [-0.25, -0.2) is 0 Å². The number of carbonyl (C=O) groups excluding carboxylic acids is 1. The van der Waals surface area contributed by atoms with Gasteiger partial charge in [0.25, 0.3) is 0 Å². The van der Waals surface area contributed by atoms with Crippen molar-refractivity contribution in [2.45, 2.75) is 70.2 Å². The monoisotopic (exact) mass is 275 g/mol. The van der Waals surface area contributed by atoms with Crippen LogP contribution < -0.4 is 0 Å². The van der Waals surface area contributed by atoms with Crippen LogP contribution in [0.15, 0.2) is 12.2 Å². The van der Waals surface area contributed by atoms with Gasteiger partial charge in [0, 0.05) is 11.6 Å². The summed E-state index contributed by atoms with van der Waals surface area (Å²) in [7, 11) is 0. The Kier molecular flexibility index (Phi) is 2.79. The van der Waals surface area contributed by atoms with Crippen molar-refractivity contribution in [3.63, 3.8) is 0 Å². The van der Waals surface area contributed by atoms with Crippen LogP contribution in [0.25, 0.3) is 0 Å². The second-order valence-electron chi connectivity index (χ2n) is 7.78. The first-order valence-electron chi connectivity index (χ1n) is 8.23. The molecule has 3 heteroatoms. The maximum absolute atomic E-state index is 12.4. The molecule has 0 spiro atoms. The molecule has 0 aromatic carbocycles. The minimum Gasteiger partial charge on any atom is -0.352 e. The molecule has 0 unspecified atom stereocenters. The molecule has 4 bridgehead atoms. The van der Waals surface area contributed by atoms with Crippen molar-refractivity contribution >= 4 is 5.91 Å². The highest BCUT2D eigenvalue weighted by molar-refractivity contribution is 5.91. The Hall–Kier alpha value is -0.830. The summed E-state index contributed by atoms with van der Waals surface area (Å²) >= 11 is 0. The van der Waals surface area contributed by atoms with Gasteiger partial charge in [0.15, 0.2) is 6.23 Å². The molecule has 5 rings (SSSR count). The zero-order valence-electron chi connectivity index (χ0n) is 12.5. The molecule has 5 aliphatic rings. The average Bonchev–Trinajstić information content (AvgIpc) is 2.68. The topological polar surface area (TPSA) is 29.5 Å². The lowest BCUT2D eigenvalue weighted by Gasteiger charge is -2.60. The molecule has 0 aromatic rings. The molecule has 110 valence electrons. The molecule has 1 heterocycles. The molecule has 1 atom stereocenters. The van der Waals surface area contributed by atoms with Crippen LogP contribution in [-0.4, -0.2) is 28.7 Å². The van der Waals surface area contributed by atoms with E-state index in [1.54, 1.807) is 6.08 Å². The van der Waals surface area contributed by atoms with Gasteiger partial charge in [-0.1, -0.05) is 0 Å². The number of hydrogen-bond donors (Lipinski definition) is 0. The number of ether oxygens (including phenoxy) is 1. The molecule has 0 radical (unpaired) electrons. The molecule has 0 N–H and O–H groups in total. The van der Waals surface area contributed by atoms with E-state index in [4.69, 9.17) is 4.74 Å². The van der Waals surface area contributed by atoms with Gasteiger partial charge in [0.05, 0.1) is 6.10 Å². The number of rotatable bonds is 3. The van der Waals surface area contributed by atoms with Gasteiger partial charge in [-0.2, -0.15) is 0 Å². The van der Waals surface area contributed by atoms with E-state index in [-0.39, 0.29) is 23.8 Å². The number of hydrogen-bond acceptors (Lipinski definition) is 2. The number of nitrogens with zero attached hydrogens (tertiary/aromatic N) is 1. The van der Waals surface area contributed by atoms with Crippen molar-refractivity contribution in [2.75, 3.05) is 0 Å². The largest absolute Gasteiger partial charge is 0.352 e. The summed E-state index contributed by atoms with van der Waals surface area (Å²) in [5, 5.41) is 0. The molecule has 4 saturated carbocycles. The van der Waals surface area contributed by atoms with Gasteiger partial charge in [-0.3, -0.25) is 4.79 Å². The van der Waals surface area contributed by atoms with Gasteiger partial charge in [0.1, 0.15) is 0 Å². The van der Waals surface area contributed by atoms with Crippen LogP contribution in [0.4, 0.5) is 0 Å². The fraction of sp³-hybridized carbons (Fsp3) is 0.824. The van der Waals surface area contributed by atoms with E-state index < -0.39 is 0 Å². The summed E-state index contributed by atoms with van der Waals surface area (Å²) in [4.78, 5) is 14.5. The molecule has 20 heavy (non-hydrogen) atoms. The summed E-state index contributed by atoms with van der Waals surface area (Å²) in [6.07, 6.45) is 11.6.